The monoisotopic (exact) mass is 242 g/mol. The van der Waals surface area contributed by atoms with E-state index in [9.17, 15) is 0 Å². The van der Waals surface area contributed by atoms with Crippen molar-refractivity contribution in [2.75, 3.05) is 33.4 Å². The summed E-state index contributed by atoms with van der Waals surface area (Å²) in [5.74, 6) is 0. The van der Waals surface area contributed by atoms with Crippen LogP contribution in [-0.2, 0) is 9.47 Å². The minimum Gasteiger partial charge on any atom is -0.381 e. The molecule has 0 saturated carbocycles. The average Bonchev–Trinajstić information content (AvgIpc) is 2.29. The van der Waals surface area contributed by atoms with Gasteiger partial charge in [0.05, 0.1) is 5.60 Å². The van der Waals surface area contributed by atoms with Crippen LogP contribution in [0.5, 0.6) is 0 Å². The van der Waals surface area contributed by atoms with Crippen molar-refractivity contribution in [2.24, 2.45) is 5.73 Å². The number of nitrogens with zero attached hydrogens (tertiary/aromatic N) is 1. The lowest BCUT2D eigenvalue weighted by Gasteiger charge is -2.45. The van der Waals surface area contributed by atoms with Gasteiger partial charge in [-0.05, 0) is 39.7 Å². The van der Waals surface area contributed by atoms with Crippen LogP contribution in [0.15, 0.2) is 0 Å². The van der Waals surface area contributed by atoms with E-state index in [2.05, 4.69) is 18.9 Å². The second-order valence-corrected chi connectivity index (χ2v) is 5.71. The Bertz CT molecular complexity index is 234. The molecule has 2 unspecified atom stereocenters. The van der Waals surface area contributed by atoms with E-state index in [1.807, 2.05) is 0 Å². The molecule has 0 aliphatic carbocycles. The summed E-state index contributed by atoms with van der Waals surface area (Å²) in [7, 11) is 2.19. The van der Waals surface area contributed by atoms with Crippen LogP contribution < -0.4 is 5.73 Å². The first-order valence-corrected chi connectivity index (χ1v) is 6.79. The lowest BCUT2D eigenvalue weighted by atomic mass is 9.83. The van der Waals surface area contributed by atoms with Crippen LogP contribution in [-0.4, -0.2) is 56.0 Å². The zero-order valence-electron chi connectivity index (χ0n) is 11.2. The highest BCUT2D eigenvalue weighted by molar-refractivity contribution is 4.92. The topological polar surface area (TPSA) is 47.7 Å². The van der Waals surface area contributed by atoms with E-state index in [-0.39, 0.29) is 11.6 Å². The minimum atomic E-state index is 0.0905. The Hall–Kier alpha value is -0.160. The molecular weight excluding hydrogens is 216 g/mol. The van der Waals surface area contributed by atoms with E-state index in [4.69, 9.17) is 15.2 Å². The number of ether oxygens (including phenoxy) is 2. The molecule has 2 heterocycles. The van der Waals surface area contributed by atoms with Gasteiger partial charge in [-0.1, -0.05) is 0 Å². The van der Waals surface area contributed by atoms with E-state index in [0.717, 1.165) is 52.0 Å². The molecule has 2 N–H and O–H groups in total. The molecule has 0 bridgehead atoms. The fourth-order valence-electron chi connectivity index (χ4n) is 3.07. The molecule has 4 heteroatoms. The van der Waals surface area contributed by atoms with E-state index in [1.54, 1.807) is 0 Å². The lowest BCUT2D eigenvalue weighted by molar-refractivity contribution is -0.149. The summed E-state index contributed by atoms with van der Waals surface area (Å²) in [6.07, 6.45) is 4.37. The van der Waals surface area contributed by atoms with E-state index in [1.165, 1.54) is 0 Å². The Morgan fingerprint density at radius 1 is 1.35 bits per heavy atom. The molecule has 1 spiro atoms. The molecule has 0 aromatic carbocycles. The van der Waals surface area contributed by atoms with Crippen LogP contribution in [0, 0.1) is 0 Å². The fraction of sp³-hybridized carbons (Fsp3) is 1.00. The smallest absolute Gasteiger partial charge is 0.0741 e. The van der Waals surface area contributed by atoms with Crippen LogP contribution in [0.2, 0.25) is 0 Å². The van der Waals surface area contributed by atoms with Gasteiger partial charge in [0.15, 0.2) is 0 Å². The van der Waals surface area contributed by atoms with Gasteiger partial charge in [-0.25, -0.2) is 0 Å². The summed E-state index contributed by atoms with van der Waals surface area (Å²) >= 11 is 0. The Morgan fingerprint density at radius 3 is 2.71 bits per heavy atom. The van der Waals surface area contributed by atoms with Crippen LogP contribution in [0.4, 0.5) is 0 Å². The Kier molecular flexibility index (Phi) is 4.42. The summed E-state index contributed by atoms with van der Waals surface area (Å²) in [6, 6.07) is 0.862. The Labute approximate surface area is 104 Å². The van der Waals surface area contributed by atoms with Crippen molar-refractivity contribution in [3.05, 3.63) is 0 Å². The quantitative estimate of drug-likeness (QED) is 0.802. The van der Waals surface area contributed by atoms with Gasteiger partial charge in [0, 0.05) is 38.4 Å². The maximum atomic E-state index is 6.05. The van der Waals surface area contributed by atoms with Gasteiger partial charge in [-0.3, -0.25) is 0 Å². The van der Waals surface area contributed by atoms with Crippen LogP contribution in [0.25, 0.3) is 0 Å². The third-order valence-corrected chi connectivity index (χ3v) is 4.07. The highest BCUT2D eigenvalue weighted by Crippen LogP contribution is 2.35. The van der Waals surface area contributed by atoms with Crippen molar-refractivity contribution >= 4 is 0 Å². The van der Waals surface area contributed by atoms with Gasteiger partial charge in [-0.2, -0.15) is 0 Å². The third kappa shape index (κ3) is 3.41. The molecule has 0 aromatic heterocycles. The van der Waals surface area contributed by atoms with Crippen LogP contribution in [0.3, 0.4) is 0 Å². The molecule has 2 fully saturated rings. The molecule has 2 aliphatic heterocycles. The zero-order valence-corrected chi connectivity index (χ0v) is 11.2. The van der Waals surface area contributed by atoms with E-state index in [0.29, 0.717) is 6.04 Å². The summed E-state index contributed by atoms with van der Waals surface area (Å²) in [5.41, 5.74) is 5.97. The molecule has 2 rings (SSSR count). The van der Waals surface area contributed by atoms with Crippen molar-refractivity contribution in [2.45, 2.75) is 50.3 Å². The SMILES string of the molecule is CC(N)CN(C)C1CCOC2(CCOCC2)C1. The van der Waals surface area contributed by atoms with Crippen molar-refractivity contribution in [1.82, 2.24) is 4.90 Å². The van der Waals surface area contributed by atoms with Gasteiger partial charge in [-0.15, -0.1) is 0 Å². The van der Waals surface area contributed by atoms with Gasteiger partial charge in [0.25, 0.3) is 0 Å². The second kappa shape index (κ2) is 5.65. The van der Waals surface area contributed by atoms with Crippen LogP contribution in [0.1, 0.15) is 32.6 Å². The zero-order chi connectivity index (χ0) is 12.3. The maximum absolute atomic E-state index is 6.05. The molecule has 100 valence electrons. The van der Waals surface area contributed by atoms with Gasteiger partial charge in [0.2, 0.25) is 0 Å². The average molecular weight is 242 g/mol. The third-order valence-electron chi connectivity index (χ3n) is 4.07. The molecular formula is C13H26N2O2. The first kappa shape index (κ1) is 13.3. The molecule has 2 saturated heterocycles. The molecule has 0 aromatic rings. The van der Waals surface area contributed by atoms with E-state index < -0.39 is 0 Å². The number of likely N-dealkylation sites (N-methyl/N-ethyl adjacent to an activating group) is 1. The van der Waals surface area contributed by atoms with Gasteiger partial charge >= 0.3 is 0 Å². The second-order valence-electron chi connectivity index (χ2n) is 5.71. The first-order valence-electron chi connectivity index (χ1n) is 6.79. The summed E-state index contributed by atoms with van der Waals surface area (Å²) in [6.45, 7) is 5.62. The van der Waals surface area contributed by atoms with E-state index >= 15 is 0 Å². The molecule has 0 radical (unpaired) electrons. The summed E-state index contributed by atoms with van der Waals surface area (Å²) in [4.78, 5) is 2.41. The molecule has 2 atom stereocenters. The molecule has 2 aliphatic rings. The predicted octanol–water partition coefficient (Wildman–Crippen LogP) is 0.994. The maximum Gasteiger partial charge on any atom is 0.0741 e. The molecule has 0 amide bonds. The standard InChI is InChI=1S/C13H26N2O2/c1-11(14)10-15(2)12-3-6-17-13(9-12)4-7-16-8-5-13/h11-12H,3-10,14H2,1-2H3. The number of nitrogens with two attached hydrogens (primary N) is 1. The lowest BCUT2D eigenvalue weighted by Crippen LogP contribution is -2.51. The van der Waals surface area contributed by atoms with Crippen LogP contribution >= 0.6 is 0 Å². The molecule has 17 heavy (non-hydrogen) atoms. The summed E-state index contributed by atoms with van der Waals surface area (Å²) < 4.78 is 11.5. The predicted molar refractivity (Wildman–Crippen MR) is 68.0 cm³/mol. The molecule has 4 nitrogen and oxygen atoms in total. The number of hydrogen-bond donors (Lipinski definition) is 1. The number of hydrogen-bond acceptors (Lipinski definition) is 4. The van der Waals surface area contributed by atoms with Crippen molar-refractivity contribution in [3.8, 4) is 0 Å². The van der Waals surface area contributed by atoms with Gasteiger partial charge < -0.3 is 20.1 Å². The highest BCUT2D eigenvalue weighted by atomic mass is 16.5. The first-order chi connectivity index (χ1) is 8.11. The largest absolute Gasteiger partial charge is 0.381 e. The van der Waals surface area contributed by atoms with Crippen molar-refractivity contribution < 1.29 is 9.47 Å². The van der Waals surface area contributed by atoms with Gasteiger partial charge in [0.1, 0.15) is 0 Å². The highest BCUT2D eigenvalue weighted by Gasteiger charge is 2.40. The number of rotatable bonds is 3. The van der Waals surface area contributed by atoms with Crippen molar-refractivity contribution in [3.63, 3.8) is 0 Å². The Balaban J connectivity index is 1.91. The minimum absolute atomic E-state index is 0.0905. The Morgan fingerprint density at radius 2 is 2.06 bits per heavy atom. The normalized spacial score (nSPS) is 30.7. The fourth-order valence-corrected chi connectivity index (χ4v) is 3.07. The summed E-state index contributed by atoms with van der Waals surface area (Å²) in [5, 5.41) is 0. The van der Waals surface area contributed by atoms with Crippen molar-refractivity contribution in [1.29, 1.82) is 0 Å².